The molecule has 2 aromatic carbocycles. The molecule has 1 aliphatic rings. The van der Waals surface area contributed by atoms with E-state index in [0.717, 1.165) is 31.0 Å². The molecule has 0 aliphatic heterocycles. The number of aromatic hydroxyl groups is 1. The van der Waals surface area contributed by atoms with Crippen molar-refractivity contribution in [1.82, 2.24) is 4.90 Å². The number of carbonyl (C=O) groups is 1. The number of hydrogen-bond acceptors (Lipinski definition) is 4. The zero-order valence-corrected chi connectivity index (χ0v) is 16.5. The first-order chi connectivity index (χ1) is 13.0. The first-order valence-corrected chi connectivity index (χ1v) is 10.1. The average molecular weight is 431 g/mol. The quantitative estimate of drug-likeness (QED) is 0.757. The van der Waals surface area contributed by atoms with Gasteiger partial charge in [0.1, 0.15) is 16.5 Å². The van der Waals surface area contributed by atoms with Gasteiger partial charge in [0.05, 0.1) is 10.7 Å². The minimum absolute atomic E-state index is 0.0762. The summed E-state index contributed by atoms with van der Waals surface area (Å²) in [6, 6.07) is 3.79. The number of benzene rings is 2. The fourth-order valence-electron chi connectivity index (χ4n) is 2.71. The SMILES string of the molecule is CN(C)C(=O)c1cc(Cl)c(O)c(S(=O)(=O)Nc2cc(C3CC3)c(F)cc2F)c1. The molecular weight excluding hydrogens is 414 g/mol. The van der Waals surface area contributed by atoms with E-state index in [9.17, 15) is 27.1 Å². The van der Waals surface area contributed by atoms with Crippen molar-refractivity contribution in [2.24, 2.45) is 0 Å². The smallest absolute Gasteiger partial charge is 0.265 e. The molecule has 3 rings (SSSR count). The molecule has 2 aromatic rings. The molecule has 1 amide bonds. The summed E-state index contributed by atoms with van der Waals surface area (Å²) in [6.07, 6.45) is 1.47. The Hall–Kier alpha value is -2.39. The summed E-state index contributed by atoms with van der Waals surface area (Å²) in [6.45, 7) is 0. The molecule has 0 spiro atoms. The molecule has 0 atom stereocenters. The van der Waals surface area contributed by atoms with E-state index in [1.54, 1.807) is 0 Å². The summed E-state index contributed by atoms with van der Waals surface area (Å²) in [5.41, 5.74) is -0.313. The molecule has 1 fully saturated rings. The van der Waals surface area contributed by atoms with E-state index in [2.05, 4.69) is 0 Å². The Balaban J connectivity index is 2.04. The lowest BCUT2D eigenvalue weighted by Crippen LogP contribution is -2.22. The van der Waals surface area contributed by atoms with E-state index in [-0.39, 0.29) is 22.1 Å². The second-order valence-corrected chi connectivity index (χ2v) is 8.80. The molecule has 0 aromatic heterocycles. The van der Waals surface area contributed by atoms with Crippen LogP contribution in [0.5, 0.6) is 5.75 Å². The van der Waals surface area contributed by atoms with E-state index >= 15 is 0 Å². The van der Waals surface area contributed by atoms with Crippen LogP contribution >= 0.6 is 11.6 Å². The van der Waals surface area contributed by atoms with Crippen LogP contribution in [0, 0.1) is 11.6 Å². The number of anilines is 1. The van der Waals surface area contributed by atoms with Crippen molar-refractivity contribution in [3.8, 4) is 5.75 Å². The number of rotatable bonds is 5. The molecule has 0 bridgehead atoms. The van der Waals surface area contributed by atoms with E-state index in [4.69, 9.17) is 11.6 Å². The molecule has 0 heterocycles. The number of carbonyl (C=O) groups excluding carboxylic acids is 1. The fraction of sp³-hybridized carbons (Fsp3) is 0.278. The van der Waals surface area contributed by atoms with Gasteiger partial charge in [-0.3, -0.25) is 9.52 Å². The third-order valence-electron chi connectivity index (χ3n) is 4.32. The minimum Gasteiger partial charge on any atom is -0.505 e. The number of nitrogens with zero attached hydrogens (tertiary/aromatic N) is 1. The van der Waals surface area contributed by atoms with E-state index < -0.39 is 43.9 Å². The fourth-order valence-corrected chi connectivity index (χ4v) is 4.19. The largest absolute Gasteiger partial charge is 0.505 e. The average Bonchev–Trinajstić information content (AvgIpc) is 3.43. The normalized spacial score (nSPS) is 14.0. The Labute approximate surface area is 165 Å². The molecule has 1 aliphatic carbocycles. The van der Waals surface area contributed by atoms with Crippen LogP contribution in [-0.4, -0.2) is 38.4 Å². The van der Waals surface area contributed by atoms with Crippen LogP contribution < -0.4 is 4.72 Å². The van der Waals surface area contributed by atoms with Crippen molar-refractivity contribution < 1.29 is 27.1 Å². The maximum Gasteiger partial charge on any atom is 0.265 e. The van der Waals surface area contributed by atoms with Gasteiger partial charge in [0.15, 0.2) is 5.75 Å². The molecule has 150 valence electrons. The van der Waals surface area contributed by atoms with Gasteiger partial charge in [0.2, 0.25) is 0 Å². The molecule has 6 nitrogen and oxygen atoms in total. The van der Waals surface area contributed by atoms with Crippen molar-refractivity contribution in [2.75, 3.05) is 18.8 Å². The van der Waals surface area contributed by atoms with Crippen LogP contribution in [0.15, 0.2) is 29.2 Å². The summed E-state index contributed by atoms with van der Waals surface area (Å²) in [4.78, 5) is 12.6. The number of nitrogens with one attached hydrogen (secondary N) is 1. The van der Waals surface area contributed by atoms with E-state index in [0.29, 0.717) is 6.07 Å². The monoisotopic (exact) mass is 430 g/mol. The highest BCUT2D eigenvalue weighted by molar-refractivity contribution is 7.92. The highest BCUT2D eigenvalue weighted by Crippen LogP contribution is 2.43. The van der Waals surface area contributed by atoms with Crippen LogP contribution in [0.3, 0.4) is 0 Å². The lowest BCUT2D eigenvalue weighted by molar-refractivity contribution is 0.0827. The van der Waals surface area contributed by atoms with Gasteiger partial charge in [-0.1, -0.05) is 11.6 Å². The van der Waals surface area contributed by atoms with Crippen LogP contribution in [0.1, 0.15) is 34.7 Å². The lowest BCUT2D eigenvalue weighted by atomic mass is 10.1. The number of halogens is 3. The molecule has 0 unspecified atom stereocenters. The summed E-state index contributed by atoms with van der Waals surface area (Å²) >= 11 is 5.87. The Kier molecular flexibility index (Phi) is 5.24. The van der Waals surface area contributed by atoms with Crippen molar-refractivity contribution in [1.29, 1.82) is 0 Å². The van der Waals surface area contributed by atoms with Gasteiger partial charge in [-0.15, -0.1) is 0 Å². The van der Waals surface area contributed by atoms with Gasteiger partial charge in [0.25, 0.3) is 15.9 Å². The topological polar surface area (TPSA) is 86.7 Å². The lowest BCUT2D eigenvalue weighted by Gasteiger charge is -2.15. The van der Waals surface area contributed by atoms with Crippen molar-refractivity contribution in [3.63, 3.8) is 0 Å². The van der Waals surface area contributed by atoms with E-state index in [1.165, 1.54) is 19.0 Å². The molecule has 1 saturated carbocycles. The second kappa shape index (κ2) is 7.21. The van der Waals surface area contributed by atoms with Crippen LogP contribution in [-0.2, 0) is 10.0 Å². The van der Waals surface area contributed by atoms with Gasteiger partial charge in [-0.05, 0) is 42.5 Å². The maximum atomic E-state index is 14.1. The molecule has 0 radical (unpaired) electrons. The van der Waals surface area contributed by atoms with Gasteiger partial charge >= 0.3 is 0 Å². The van der Waals surface area contributed by atoms with Crippen molar-refractivity contribution in [3.05, 3.63) is 52.0 Å². The summed E-state index contributed by atoms with van der Waals surface area (Å²) < 4.78 is 55.5. The maximum absolute atomic E-state index is 14.1. The first kappa shape index (κ1) is 20.3. The van der Waals surface area contributed by atoms with Gasteiger partial charge < -0.3 is 10.0 Å². The Morgan fingerprint density at radius 1 is 1.18 bits per heavy atom. The van der Waals surface area contributed by atoms with Crippen molar-refractivity contribution >= 4 is 33.2 Å². The predicted octanol–water partition coefficient (Wildman–Crippen LogP) is 3.70. The predicted molar refractivity (Wildman–Crippen MR) is 100 cm³/mol. The summed E-state index contributed by atoms with van der Waals surface area (Å²) in [7, 11) is -1.60. The van der Waals surface area contributed by atoms with Crippen molar-refractivity contribution in [2.45, 2.75) is 23.7 Å². The number of phenolic OH excluding ortho intramolecular Hbond substituents is 1. The third-order valence-corrected chi connectivity index (χ3v) is 5.99. The molecular formula is C18H17ClF2N2O4S. The zero-order valence-electron chi connectivity index (χ0n) is 15.0. The molecule has 0 saturated heterocycles. The summed E-state index contributed by atoms with van der Waals surface area (Å²) in [5, 5.41) is 9.74. The highest BCUT2D eigenvalue weighted by Gasteiger charge is 2.30. The van der Waals surface area contributed by atoms with Gasteiger partial charge in [-0.25, -0.2) is 17.2 Å². The Bertz CT molecular complexity index is 1070. The number of phenols is 1. The van der Waals surface area contributed by atoms with Gasteiger partial charge in [0, 0.05) is 25.7 Å². The van der Waals surface area contributed by atoms with Gasteiger partial charge in [-0.2, -0.15) is 0 Å². The first-order valence-electron chi connectivity index (χ1n) is 8.27. The Morgan fingerprint density at radius 3 is 2.39 bits per heavy atom. The Morgan fingerprint density at radius 2 is 1.82 bits per heavy atom. The third kappa shape index (κ3) is 3.90. The zero-order chi connectivity index (χ0) is 20.8. The summed E-state index contributed by atoms with van der Waals surface area (Å²) in [5.74, 6) is -3.24. The van der Waals surface area contributed by atoms with E-state index in [1.807, 2.05) is 4.72 Å². The minimum atomic E-state index is -4.52. The number of sulfonamides is 1. The number of amides is 1. The van der Waals surface area contributed by atoms with Crippen LogP contribution in [0.4, 0.5) is 14.5 Å². The molecule has 28 heavy (non-hydrogen) atoms. The van der Waals surface area contributed by atoms with Crippen LogP contribution in [0.25, 0.3) is 0 Å². The molecule has 2 N–H and O–H groups in total. The number of hydrogen-bond donors (Lipinski definition) is 2. The standard InChI is InChI=1S/C18H17ClF2N2O4S/c1-23(2)18(25)10-5-12(19)17(24)16(6-10)28(26,27)22-15-7-11(9-3-4-9)13(20)8-14(15)21/h5-9,22,24H,3-4H2,1-2H3. The second-order valence-electron chi connectivity index (χ2n) is 6.74. The van der Waals surface area contributed by atoms with Crippen LogP contribution in [0.2, 0.25) is 5.02 Å². The highest BCUT2D eigenvalue weighted by atomic mass is 35.5. The molecule has 10 heteroatoms.